The fourth-order valence-electron chi connectivity index (χ4n) is 2.23. The number of hydrogen-bond acceptors (Lipinski definition) is 5. The van der Waals surface area contributed by atoms with E-state index in [-0.39, 0.29) is 0 Å². The van der Waals surface area contributed by atoms with Gasteiger partial charge in [0.2, 0.25) is 0 Å². The Hall–Kier alpha value is -1.83. The molecule has 0 aromatic heterocycles. The van der Waals surface area contributed by atoms with Crippen molar-refractivity contribution in [3.8, 4) is 0 Å². The van der Waals surface area contributed by atoms with Gasteiger partial charge in [0.1, 0.15) is 11.6 Å². The molecular formula is C15H27N3O5. The zero-order valence-corrected chi connectivity index (χ0v) is 14.8. The number of hydrogen-bond donors (Lipinski definition) is 3. The SMILES string of the molecule is C[C@@H](OC(C)(C)C)[C@@H](NC(=O)OC(C)(C)C)C1NC(=O)NC1=O. The Kier molecular flexibility index (Phi) is 5.63. The predicted octanol–water partition coefficient (Wildman–Crippen LogP) is 1.29. The number of carbonyl (C=O) groups is 3. The van der Waals surface area contributed by atoms with Crippen LogP contribution in [0.3, 0.4) is 0 Å². The van der Waals surface area contributed by atoms with Gasteiger partial charge in [-0.05, 0) is 48.5 Å². The van der Waals surface area contributed by atoms with Crippen LogP contribution in [0.25, 0.3) is 0 Å². The molecule has 1 rings (SSSR count). The molecule has 1 saturated heterocycles. The maximum Gasteiger partial charge on any atom is 0.408 e. The Labute approximate surface area is 136 Å². The molecule has 0 aliphatic carbocycles. The van der Waals surface area contributed by atoms with Gasteiger partial charge in [-0.15, -0.1) is 0 Å². The summed E-state index contributed by atoms with van der Waals surface area (Å²) in [5.74, 6) is -0.514. The lowest BCUT2D eigenvalue weighted by Gasteiger charge is -2.33. The highest BCUT2D eigenvalue weighted by Crippen LogP contribution is 2.17. The van der Waals surface area contributed by atoms with Gasteiger partial charge in [0.15, 0.2) is 0 Å². The first-order valence-corrected chi connectivity index (χ1v) is 7.57. The number of amides is 4. The molecule has 3 N–H and O–H groups in total. The summed E-state index contributed by atoms with van der Waals surface area (Å²) in [6, 6.07) is -2.29. The molecule has 4 amide bonds. The van der Waals surface area contributed by atoms with Crippen molar-refractivity contribution in [3.05, 3.63) is 0 Å². The van der Waals surface area contributed by atoms with E-state index in [0.29, 0.717) is 0 Å². The predicted molar refractivity (Wildman–Crippen MR) is 83.9 cm³/mol. The standard InChI is InChI=1S/C15H27N3O5/c1-8(22-14(2,3)4)9(10-11(19)18-12(20)16-10)17-13(21)23-15(5,6)7/h8-10H,1-7H3,(H,17,21)(H2,16,18,19,20)/t8-,9-,10?/m1/s1. The Morgan fingerprint density at radius 3 is 2.09 bits per heavy atom. The van der Waals surface area contributed by atoms with Gasteiger partial charge in [-0.3, -0.25) is 10.1 Å². The molecule has 1 aliphatic heterocycles. The lowest BCUT2D eigenvalue weighted by atomic mass is 10.0. The molecule has 0 saturated carbocycles. The maximum absolute atomic E-state index is 12.1. The summed E-state index contributed by atoms with van der Waals surface area (Å²) in [7, 11) is 0. The van der Waals surface area contributed by atoms with E-state index in [9.17, 15) is 14.4 Å². The highest BCUT2D eigenvalue weighted by atomic mass is 16.6. The second kappa shape index (κ2) is 6.74. The van der Waals surface area contributed by atoms with E-state index >= 15 is 0 Å². The molecule has 23 heavy (non-hydrogen) atoms. The lowest BCUT2D eigenvalue weighted by molar-refractivity contribution is -0.123. The van der Waals surface area contributed by atoms with Gasteiger partial charge in [0, 0.05) is 0 Å². The number of ether oxygens (including phenoxy) is 2. The summed E-state index contributed by atoms with van der Waals surface area (Å²) in [6.07, 6.45) is -1.21. The minimum atomic E-state index is -0.924. The Bertz CT molecular complexity index is 478. The molecule has 8 heteroatoms. The fraction of sp³-hybridized carbons (Fsp3) is 0.800. The van der Waals surface area contributed by atoms with E-state index in [1.807, 2.05) is 20.8 Å². The summed E-state index contributed by atoms with van der Waals surface area (Å²) in [5.41, 5.74) is -1.16. The Balaban J connectivity index is 2.90. The molecule has 8 nitrogen and oxygen atoms in total. The Morgan fingerprint density at radius 1 is 1.13 bits per heavy atom. The first-order chi connectivity index (χ1) is 10.3. The monoisotopic (exact) mass is 329 g/mol. The van der Waals surface area contributed by atoms with Crippen LogP contribution in [0.15, 0.2) is 0 Å². The quantitative estimate of drug-likeness (QED) is 0.674. The number of carbonyl (C=O) groups excluding carboxylic acids is 3. The third-order valence-corrected chi connectivity index (χ3v) is 2.89. The first-order valence-electron chi connectivity index (χ1n) is 7.57. The van der Waals surface area contributed by atoms with Crippen LogP contribution < -0.4 is 16.0 Å². The number of rotatable bonds is 4. The van der Waals surface area contributed by atoms with Crippen molar-refractivity contribution in [2.75, 3.05) is 0 Å². The van der Waals surface area contributed by atoms with Crippen LogP contribution in [0, 0.1) is 0 Å². The molecule has 3 atom stereocenters. The minimum Gasteiger partial charge on any atom is -0.444 e. The van der Waals surface area contributed by atoms with E-state index in [1.54, 1.807) is 27.7 Å². The highest BCUT2D eigenvalue weighted by Gasteiger charge is 2.41. The molecule has 0 spiro atoms. The Morgan fingerprint density at radius 2 is 1.70 bits per heavy atom. The third kappa shape index (κ3) is 6.43. The van der Waals surface area contributed by atoms with Crippen LogP contribution in [0.2, 0.25) is 0 Å². The number of imide groups is 1. The average Bonchev–Trinajstić information content (AvgIpc) is 2.60. The molecule has 0 aromatic rings. The molecule has 1 aliphatic rings. The zero-order chi connectivity index (χ0) is 18.0. The maximum atomic E-state index is 12.1. The smallest absolute Gasteiger partial charge is 0.408 e. The average molecular weight is 329 g/mol. The third-order valence-electron chi connectivity index (χ3n) is 2.89. The van der Waals surface area contributed by atoms with Gasteiger partial charge in [0.25, 0.3) is 5.91 Å². The highest BCUT2D eigenvalue weighted by molar-refractivity contribution is 6.04. The number of nitrogens with one attached hydrogen (secondary N) is 3. The summed E-state index contributed by atoms with van der Waals surface area (Å²) >= 11 is 0. The van der Waals surface area contributed by atoms with Crippen molar-refractivity contribution < 1.29 is 23.9 Å². The van der Waals surface area contributed by atoms with E-state index in [1.165, 1.54) is 0 Å². The van der Waals surface area contributed by atoms with Crippen LogP contribution in [0.4, 0.5) is 9.59 Å². The summed E-state index contributed by atoms with van der Waals surface area (Å²) < 4.78 is 11.0. The fourth-order valence-corrected chi connectivity index (χ4v) is 2.23. The van der Waals surface area contributed by atoms with E-state index in [0.717, 1.165) is 0 Å². The number of alkyl carbamates (subject to hydrolysis) is 1. The summed E-state index contributed by atoms with van der Waals surface area (Å²) in [4.78, 5) is 35.3. The van der Waals surface area contributed by atoms with Crippen molar-refractivity contribution in [2.24, 2.45) is 0 Å². The van der Waals surface area contributed by atoms with Crippen molar-refractivity contribution in [1.82, 2.24) is 16.0 Å². The zero-order valence-electron chi connectivity index (χ0n) is 14.8. The van der Waals surface area contributed by atoms with Gasteiger partial charge >= 0.3 is 12.1 Å². The van der Waals surface area contributed by atoms with Crippen molar-refractivity contribution in [2.45, 2.75) is 77.9 Å². The van der Waals surface area contributed by atoms with Gasteiger partial charge in [0.05, 0.1) is 17.7 Å². The van der Waals surface area contributed by atoms with Gasteiger partial charge in [-0.25, -0.2) is 9.59 Å². The van der Waals surface area contributed by atoms with Crippen molar-refractivity contribution in [3.63, 3.8) is 0 Å². The van der Waals surface area contributed by atoms with Gasteiger partial charge < -0.3 is 20.1 Å². The van der Waals surface area contributed by atoms with Crippen LogP contribution in [0.1, 0.15) is 48.5 Å². The van der Waals surface area contributed by atoms with E-state index < -0.39 is 47.4 Å². The van der Waals surface area contributed by atoms with Crippen LogP contribution >= 0.6 is 0 Å². The van der Waals surface area contributed by atoms with Crippen LogP contribution in [0.5, 0.6) is 0 Å². The molecule has 1 heterocycles. The van der Waals surface area contributed by atoms with E-state index in [4.69, 9.17) is 9.47 Å². The lowest BCUT2D eigenvalue weighted by Crippen LogP contribution is -2.58. The summed E-state index contributed by atoms with van der Waals surface area (Å²) in [6.45, 7) is 12.5. The number of urea groups is 1. The molecular weight excluding hydrogens is 302 g/mol. The molecule has 0 aromatic carbocycles. The molecule has 1 fully saturated rings. The summed E-state index contributed by atoms with van der Waals surface area (Å²) in [5, 5.41) is 7.27. The van der Waals surface area contributed by atoms with Crippen LogP contribution in [-0.4, -0.2) is 47.4 Å². The topological polar surface area (TPSA) is 106 Å². The normalized spacial score (nSPS) is 21.3. The van der Waals surface area contributed by atoms with Crippen molar-refractivity contribution in [1.29, 1.82) is 0 Å². The second-order valence-corrected chi connectivity index (χ2v) is 7.55. The molecule has 0 radical (unpaired) electrons. The van der Waals surface area contributed by atoms with Crippen molar-refractivity contribution >= 4 is 18.0 Å². The molecule has 132 valence electrons. The molecule has 0 bridgehead atoms. The minimum absolute atomic E-state index is 0.480. The van der Waals surface area contributed by atoms with E-state index in [2.05, 4.69) is 16.0 Å². The van der Waals surface area contributed by atoms with Crippen LogP contribution in [-0.2, 0) is 14.3 Å². The largest absolute Gasteiger partial charge is 0.444 e. The van der Waals surface area contributed by atoms with Gasteiger partial charge in [-0.1, -0.05) is 0 Å². The first kappa shape index (κ1) is 19.2. The molecule has 1 unspecified atom stereocenters. The second-order valence-electron chi connectivity index (χ2n) is 7.55. The van der Waals surface area contributed by atoms with Gasteiger partial charge in [-0.2, -0.15) is 0 Å².